The fourth-order valence-electron chi connectivity index (χ4n) is 1.71. The predicted molar refractivity (Wildman–Crippen MR) is 81.1 cm³/mol. The number of halogens is 1. The SMILES string of the molecule is Nc1ccc(Oc2ccc(Br)cc2)nc1OCC1CC1. The number of nitrogen functional groups attached to an aromatic ring is 1. The van der Waals surface area contributed by atoms with Gasteiger partial charge in [0.05, 0.1) is 12.3 Å². The number of benzene rings is 1. The fraction of sp³-hybridized carbons (Fsp3) is 0.267. The molecule has 1 aromatic heterocycles. The monoisotopic (exact) mass is 334 g/mol. The van der Waals surface area contributed by atoms with E-state index in [1.165, 1.54) is 12.8 Å². The molecule has 1 aliphatic carbocycles. The van der Waals surface area contributed by atoms with Crippen molar-refractivity contribution in [1.82, 2.24) is 4.98 Å². The zero-order chi connectivity index (χ0) is 13.9. The third-order valence-corrected chi connectivity index (χ3v) is 3.58. The Balaban J connectivity index is 1.71. The molecular weight excluding hydrogens is 320 g/mol. The van der Waals surface area contributed by atoms with Gasteiger partial charge in [0.2, 0.25) is 11.8 Å². The summed E-state index contributed by atoms with van der Waals surface area (Å²) in [6.07, 6.45) is 2.46. The third-order valence-electron chi connectivity index (χ3n) is 3.05. The van der Waals surface area contributed by atoms with E-state index in [0.29, 0.717) is 30.0 Å². The summed E-state index contributed by atoms with van der Waals surface area (Å²) in [5.74, 6) is 2.31. The molecule has 104 valence electrons. The Morgan fingerprint density at radius 3 is 2.60 bits per heavy atom. The fourth-order valence-corrected chi connectivity index (χ4v) is 1.98. The molecule has 1 heterocycles. The number of nitrogens with two attached hydrogens (primary N) is 1. The molecule has 1 saturated carbocycles. The number of hydrogen-bond donors (Lipinski definition) is 1. The van der Waals surface area contributed by atoms with E-state index in [0.717, 1.165) is 10.2 Å². The van der Waals surface area contributed by atoms with Crippen LogP contribution in [-0.4, -0.2) is 11.6 Å². The molecule has 0 radical (unpaired) electrons. The maximum absolute atomic E-state index is 5.86. The van der Waals surface area contributed by atoms with Crippen LogP contribution in [0.15, 0.2) is 40.9 Å². The molecule has 0 atom stereocenters. The Labute approximate surface area is 126 Å². The molecular formula is C15H15BrN2O2. The third kappa shape index (κ3) is 3.42. The first-order valence-electron chi connectivity index (χ1n) is 6.53. The Morgan fingerprint density at radius 2 is 1.90 bits per heavy atom. The van der Waals surface area contributed by atoms with Gasteiger partial charge in [0.25, 0.3) is 0 Å². The minimum atomic E-state index is 0.450. The van der Waals surface area contributed by atoms with Gasteiger partial charge in [0.1, 0.15) is 5.75 Å². The van der Waals surface area contributed by atoms with Crippen LogP contribution in [0.5, 0.6) is 17.5 Å². The zero-order valence-electron chi connectivity index (χ0n) is 10.9. The van der Waals surface area contributed by atoms with Crippen LogP contribution in [0.2, 0.25) is 0 Å². The van der Waals surface area contributed by atoms with Crippen LogP contribution in [0.25, 0.3) is 0 Å². The number of nitrogens with zero attached hydrogens (tertiary/aromatic N) is 1. The average Bonchev–Trinajstić information content (AvgIpc) is 3.26. The lowest BCUT2D eigenvalue weighted by Crippen LogP contribution is -2.04. The smallest absolute Gasteiger partial charge is 0.240 e. The van der Waals surface area contributed by atoms with E-state index in [4.69, 9.17) is 15.2 Å². The van der Waals surface area contributed by atoms with Gasteiger partial charge in [-0.05, 0) is 49.1 Å². The number of hydrogen-bond acceptors (Lipinski definition) is 4. The average molecular weight is 335 g/mol. The second-order valence-corrected chi connectivity index (χ2v) is 5.77. The van der Waals surface area contributed by atoms with Gasteiger partial charge in [-0.15, -0.1) is 0 Å². The molecule has 2 aromatic rings. The van der Waals surface area contributed by atoms with Crippen molar-refractivity contribution >= 4 is 21.6 Å². The van der Waals surface area contributed by atoms with Crippen molar-refractivity contribution in [3.63, 3.8) is 0 Å². The van der Waals surface area contributed by atoms with E-state index in [1.54, 1.807) is 12.1 Å². The van der Waals surface area contributed by atoms with Crippen LogP contribution in [0.4, 0.5) is 5.69 Å². The molecule has 3 rings (SSSR count). The van der Waals surface area contributed by atoms with Gasteiger partial charge in [-0.2, -0.15) is 4.98 Å². The van der Waals surface area contributed by atoms with E-state index in [-0.39, 0.29) is 0 Å². The highest BCUT2D eigenvalue weighted by Gasteiger charge is 2.22. The second kappa shape index (κ2) is 5.71. The Hall–Kier alpha value is -1.75. The lowest BCUT2D eigenvalue weighted by atomic mass is 10.3. The van der Waals surface area contributed by atoms with E-state index in [1.807, 2.05) is 24.3 Å². The highest BCUT2D eigenvalue weighted by atomic mass is 79.9. The molecule has 0 saturated heterocycles. The van der Waals surface area contributed by atoms with Crippen molar-refractivity contribution in [2.24, 2.45) is 5.92 Å². The van der Waals surface area contributed by atoms with Crippen LogP contribution in [0.3, 0.4) is 0 Å². The normalized spacial score (nSPS) is 14.1. The maximum Gasteiger partial charge on any atom is 0.240 e. The summed E-state index contributed by atoms with van der Waals surface area (Å²) >= 11 is 3.38. The molecule has 4 nitrogen and oxygen atoms in total. The van der Waals surface area contributed by atoms with Crippen molar-refractivity contribution in [2.45, 2.75) is 12.8 Å². The quantitative estimate of drug-likeness (QED) is 0.897. The molecule has 1 aromatic carbocycles. The largest absolute Gasteiger partial charge is 0.476 e. The second-order valence-electron chi connectivity index (χ2n) is 4.85. The van der Waals surface area contributed by atoms with Crippen LogP contribution in [0.1, 0.15) is 12.8 Å². The maximum atomic E-state index is 5.86. The molecule has 20 heavy (non-hydrogen) atoms. The highest BCUT2D eigenvalue weighted by Crippen LogP contribution is 2.31. The Kier molecular flexibility index (Phi) is 3.78. The molecule has 1 fully saturated rings. The van der Waals surface area contributed by atoms with Crippen LogP contribution >= 0.6 is 15.9 Å². The van der Waals surface area contributed by atoms with Gasteiger partial charge >= 0.3 is 0 Å². The number of ether oxygens (including phenoxy) is 2. The topological polar surface area (TPSA) is 57.4 Å². The molecule has 2 N–H and O–H groups in total. The van der Waals surface area contributed by atoms with Gasteiger partial charge in [-0.1, -0.05) is 15.9 Å². The van der Waals surface area contributed by atoms with Crippen molar-refractivity contribution in [3.05, 3.63) is 40.9 Å². The van der Waals surface area contributed by atoms with E-state index in [2.05, 4.69) is 20.9 Å². The molecule has 0 aliphatic heterocycles. The summed E-state index contributed by atoms with van der Waals surface area (Å²) in [5, 5.41) is 0. The van der Waals surface area contributed by atoms with E-state index < -0.39 is 0 Å². The number of anilines is 1. The number of pyridine rings is 1. The van der Waals surface area contributed by atoms with Crippen molar-refractivity contribution in [2.75, 3.05) is 12.3 Å². The standard InChI is InChI=1S/C15H15BrN2O2/c16-11-3-5-12(6-4-11)20-14-8-7-13(17)15(18-14)19-9-10-1-2-10/h3-8,10H,1-2,9,17H2. The van der Waals surface area contributed by atoms with Crippen LogP contribution < -0.4 is 15.2 Å². The summed E-state index contributed by atoms with van der Waals surface area (Å²) in [6.45, 7) is 0.680. The van der Waals surface area contributed by atoms with Gasteiger partial charge in [0, 0.05) is 10.5 Å². The summed E-state index contributed by atoms with van der Waals surface area (Å²) in [6, 6.07) is 11.1. The van der Waals surface area contributed by atoms with Crippen molar-refractivity contribution in [3.8, 4) is 17.5 Å². The van der Waals surface area contributed by atoms with Gasteiger partial charge in [-0.25, -0.2) is 0 Å². The molecule has 0 amide bonds. The summed E-state index contributed by atoms with van der Waals surface area (Å²) < 4.78 is 12.3. The molecule has 1 aliphatic rings. The first-order chi connectivity index (χ1) is 9.70. The number of aromatic nitrogens is 1. The lowest BCUT2D eigenvalue weighted by molar-refractivity contribution is 0.286. The van der Waals surface area contributed by atoms with Gasteiger partial charge in [-0.3, -0.25) is 0 Å². The van der Waals surface area contributed by atoms with Crippen LogP contribution in [0, 0.1) is 5.92 Å². The summed E-state index contributed by atoms with van der Waals surface area (Å²) in [4.78, 5) is 4.31. The van der Waals surface area contributed by atoms with Gasteiger partial charge in [0.15, 0.2) is 0 Å². The van der Waals surface area contributed by atoms with E-state index in [9.17, 15) is 0 Å². The minimum absolute atomic E-state index is 0.450. The lowest BCUT2D eigenvalue weighted by Gasteiger charge is -2.10. The van der Waals surface area contributed by atoms with Crippen molar-refractivity contribution < 1.29 is 9.47 Å². The highest BCUT2D eigenvalue weighted by molar-refractivity contribution is 9.10. The first-order valence-corrected chi connectivity index (χ1v) is 7.33. The summed E-state index contributed by atoms with van der Waals surface area (Å²) in [7, 11) is 0. The predicted octanol–water partition coefficient (Wildman–Crippen LogP) is 4.01. The van der Waals surface area contributed by atoms with Gasteiger partial charge < -0.3 is 15.2 Å². The first kappa shape index (κ1) is 13.2. The van der Waals surface area contributed by atoms with Crippen molar-refractivity contribution in [1.29, 1.82) is 0 Å². The van der Waals surface area contributed by atoms with E-state index >= 15 is 0 Å². The minimum Gasteiger partial charge on any atom is -0.476 e. The Morgan fingerprint density at radius 1 is 1.15 bits per heavy atom. The molecule has 5 heteroatoms. The number of rotatable bonds is 5. The molecule has 0 unspecified atom stereocenters. The van der Waals surface area contributed by atoms with Crippen LogP contribution in [-0.2, 0) is 0 Å². The zero-order valence-corrected chi connectivity index (χ0v) is 12.5. The Bertz CT molecular complexity index is 597. The summed E-state index contributed by atoms with van der Waals surface area (Å²) in [5.41, 5.74) is 6.40. The molecule has 0 spiro atoms. The molecule has 0 bridgehead atoms.